The highest BCUT2D eigenvalue weighted by Gasteiger charge is 2.24. The van der Waals surface area contributed by atoms with Gasteiger partial charge in [0.25, 0.3) is 0 Å². The number of hydrogen-bond donors (Lipinski definition) is 1. The van der Waals surface area contributed by atoms with Crippen LogP contribution in [0.5, 0.6) is 0 Å². The second kappa shape index (κ2) is 9.12. The standard InChI is InChI=1S/C24H29F2N5O4/c1-23(2,3)34-21(32)30(7)12-13-8-15(25)19(16(26)9-13)17-10-14-18(11-28-17)31(29-20(14)27)22(33)35-24(4,5)6/h8-11H,12H2,1-7H3,(H2,27,29). The minimum Gasteiger partial charge on any atom is -0.444 e. The number of hydrogen-bond acceptors (Lipinski definition) is 7. The van der Waals surface area contributed by atoms with Crippen molar-refractivity contribution < 1.29 is 27.8 Å². The van der Waals surface area contributed by atoms with Gasteiger partial charge in [0.05, 0.1) is 17.5 Å². The van der Waals surface area contributed by atoms with Crippen LogP contribution in [0.2, 0.25) is 0 Å². The van der Waals surface area contributed by atoms with Crippen LogP contribution in [0.4, 0.5) is 24.2 Å². The highest BCUT2D eigenvalue weighted by Crippen LogP contribution is 2.30. The summed E-state index contributed by atoms with van der Waals surface area (Å²) in [6, 6.07) is 3.60. The Kier molecular flexibility index (Phi) is 6.74. The summed E-state index contributed by atoms with van der Waals surface area (Å²) < 4.78 is 41.5. The van der Waals surface area contributed by atoms with Crippen LogP contribution in [-0.4, -0.2) is 50.1 Å². The average Bonchev–Trinajstić information content (AvgIpc) is 3.01. The summed E-state index contributed by atoms with van der Waals surface area (Å²) in [7, 11) is 1.47. The van der Waals surface area contributed by atoms with E-state index in [1.165, 1.54) is 24.2 Å². The highest BCUT2D eigenvalue weighted by atomic mass is 19.1. The molecular weight excluding hydrogens is 460 g/mol. The number of aromatic nitrogens is 3. The van der Waals surface area contributed by atoms with Crippen LogP contribution in [0.3, 0.4) is 0 Å². The molecular formula is C24H29F2N5O4. The topological polar surface area (TPSA) is 113 Å². The molecule has 3 rings (SSSR count). The van der Waals surface area contributed by atoms with Crippen molar-refractivity contribution in [2.45, 2.75) is 59.3 Å². The molecule has 2 N–H and O–H groups in total. The minimum absolute atomic E-state index is 0.0223. The lowest BCUT2D eigenvalue weighted by Gasteiger charge is -2.24. The second-order valence-electron chi connectivity index (χ2n) is 10.1. The Bertz CT molecular complexity index is 1270. The maximum Gasteiger partial charge on any atom is 0.435 e. The maximum absolute atomic E-state index is 15.0. The van der Waals surface area contributed by atoms with E-state index < -0.39 is 35.0 Å². The number of rotatable bonds is 3. The van der Waals surface area contributed by atoms with E-state index in [1.54, 1.807) is 41.5 Å². The summed E-state index contributed by atoms with van der Waals surface area (Å²) >= 11 is 0. The molecule has 11 heteroatoms. The molecule has 0 fully saturated rings. The van der Waals surface area contributed by atoms with Gasteiger partial charge in [0.15, 0.2) is 5.82 Å². The van der Waals surface area contributed by atoms with E-state index in [0.29, 0.717) is 0 Å². The zero-order chi connectivity index (χ0) is 26.3. The van der Waals surface area contributed by atoms with Crippen molar-refractivity contribution in [3.63, 3.8) is 0 Å². The minimum atomic E-state index is -0.873. The monoisotopic (exact) mass is 489 g/mol. The average molecular weight is 490 g/mol. The van der Waals surface area contributed by atoms with Gasteiger partial charge >= 0.3 is 12.2 Å². The molecule has 3 aromatic rings. The molecule has 1 amide bonds. The summed E-state index contributed by atoms with van der Waals surface area (Å²) in [6.07, 6.45) is -0.127. The van der Waals surface area contributed by atoms with Crippen LogP contribution in [0, 0.1) is 11.6 Å². The summed E-state index contributed by atoms with van der Waals surface area (Å²) in [5.74, 6) is -1.77. The van der Waals surface area contributed by atoms with Gasteiger partial charge < -0.3 is 20.1 Å². The van der Waals surface area contributed by atoms with Crippen molar-refractivity contribution in [2.75, 3.05) is 12.8 Å². The molecule has 0 bridgehead atoms. The van der Waals surface area contributed by atoms with Crippen LogP contribution in [-0.2, 0) is 16.0 Å². The van der Waals surface area contributed by atoms with Crippen molar-refractivity contribution in [1.29, 1.82) is 0 Å². The van der Waals surface area contributed by atoms with Gasteiger partial charge in [-0.3, -0.25) is 4.98 Å². The number of nitrogen functional groups attached to an aromatic ring is 1. The van der Waals surface area contributed by atoms with Crippen molar-refractivity contribution in [3.05, 3.63) is 41.6 Å². The zero-order valence-corrected chi connectivity index (χ0v) is 20.8. The fourth-order valence-corrected chi connectivity index (χ4v) is 3.26. The number of ether oxygens (including phenoxy) is 2. The molecule has 0 aliphatic carbocycles. The molecule has 2 aromatic heterocycles. The van der Waals surface area contributed by atoms with Crippen molar-refractivity contribution in [2.24, 2.45) is 0 Å². The number of amides is 1. The van der Waals surface area contributed by atoms with Gasteiger partial charge in [-0.15, -0.1) is 5.10 Å². The molecule has 0 radical (unpaired) electrons. The van der Waals surface area contributed by atoms with Crippen LogP contribution in [0.25, 0.3) is 22.2 Å². The molecule has 35 heavy (non-hydrogen) atoms. The molecule has 0 atom stereocenters. The SMILES string of the molecule is CN(Cc1cc(F)c(-c2cc3c(N)nn(C(=O)OC(C)(C)C)c3cn2)c(F)c1)C(=O)OC(C)(C)C. The zero-order valence-electron chi connectivity index (χ0n) is 20.8. The summed E-state index contributed by atoms with van der Waals surface area (Å²) in [6.45, 7) is 10.2. The Labute approximate surface area is 201 Å². The third-order valence-electron chi connectivity index (χ3n) is 4.64. The van der Waals surface area contributed by atoms with E-state index in [0.717, 1.165) is 16.8 Å². The first-order valence-corrected chi connectivity index (χ1v) is 10.9. The van der Waals surface area contributed by atoms with Gasteiger partial charge in [0, 0.05) is 19.0 Å². The molecule has 0 aliphatic heterocycles. The lowest BCUT2D eigenvalue weighted by Crippen LogP contribution is -2.33. The van der Waals surface area contributed by atoms with E-state index in [2.05, 4.69) is 10.1 Å². The third-order valence-corrected chi connectivity index (χ3v) is 4.64. The van der Waals surface area contributed by atoms with Crippen LogP contribution >= 0.6 is 0 Å². The Hall–Kier alpha value is -3.76. The summed E-state index contributed by atoms with van der Waals surface area (Å²) in [4.78, 5) is 29.9. The van der Waals surface area contributed by atoms with Gasteiger partial charge in [0.1, 0.15) is 28.4 Å². The molecule has 0 saturated heterocycles. The first-order chi connectivity index (χ1) is 16.1. The predicted octanol–water partition coefficient (Wildman–Crippen LogP) is 5.11. The predicted molar refractivity (Wildman–Crippen MR) is 127 cm³/mol. The summed E-state index contributed by atoms with van der Waals surface area (Å²) in [5, 5.41) is 4.27. The largest absolute Gasteiger partial charge is 0.444 e. The summed E-state index contributed by atoms with van der Waals surface area (Å²) in [5.41, 5.74) is 4.55. The first kappa shape index (κ1) is 25.9. The number of carbonyl (C=O) groups excluding carboxylic acids is 2. The van der Waals surface area contributed by atoms with Crippen LogP contribution in [0.1, 0.15) is 47.1 Å². The number of nitrogens with zero attached hydrogens (tertiary/aromatic N) is 4. The number of anilines is 1. The third kappa shape index (κ3) is 6.03. The quantitative estimate of drug-likeness (QED) is 0.544. The Balaban J connectivity index is 1.92. The van der Waals surface area contributed by atoms with Crippen molar-refractivity contribution >= 4 is 28.9 Å². The number of carbonyl (C=O) groups is 2. The molecule has 0 unspecified atom stereocenters. The second-order valence-corrected chi connectivity index (χ2v) is 10.1. The normalized spacial score (nSPS) is 12.0. The van der Waals surface area contributed by atoms with Crippen molar-refractivity contribution in [3.8, 4) is 11.3 Å². The molecule has 0 aliphatic rings. The smallest absolute Gasteiger partial charge is 0.435 e. The van der Waals surface area contributed by atoms with Crippen LogP contribution in [0.15, 0.2) is 24.4 Å². The highest BCUT2D eigenvalue weighted by molar-refractivity contribution is 5.96. The Morgan fingerprint density at radius 3 is 2.14 bits per heavy atom. The molecule has 0 saturated carbocycles. The van der Waals surface area contributed by atoms with E-state index in [4.69, 9.17) is 15.2 Å². The van der Waals surface area contributed by atoms with E-state index >= 15 is 0 Å². The van der Waals surface area contributed by atoms with E-state index in [-0.39, 0.29) is 40.1 Å². The molecule has 2 heterocycles. The van der Waals surface area contributed by atoms with E-state index in [1.807, 2.05) is 0 Å². The van der Waals surface area contributed by atoms with Gasteiger partial charge in [0.2, 0.25) is 0 Å². The number of halogens is 2. The Morgan fingerprint density at radius 2 is 1.60 bits per heavy atom. The lowest BCUT2D eigenvalue weighted by molar-refractivity contribution is 0.0284. The molecule has 9 nitrogen and oxygen atoms in total. The fourth-order valence-electron chi connectivity index (χ4n) is 3.26. The molecule has 0 spiro atoms. The van der Waals surface area contributed by atoms with E-state index in [9.17, 15) is 18.4 Å². The first-order valence-electron chi connectivity index (χ1n) is 10.9. The lowest BCUT2D eigenvalue weighted by atomic mass is 10.1. The number of benzene rings is 1. The van der Waals surface area contributed by atoms with Gasteiger partial charge in [-0.2, -0.15) is 4.68 Å². The molecule has 188 valence electrons. The van der Waals surface area contributed by atoms with Crippen LogP contribution < -0.4 is 5.73 Å². The maximum atomic E-state index is 15.0. The Morgan fingerprint density at radius 1 is 1.03 bits per heavy atom. The number of fused-ring (bicyclic) bond motifs is 1. The van der Waals surface area contributed by atoms with Gasteiger partial charge in [-0.1, -0.05) is 0 Å². The number of nitrogens with two attached hydrogens (primary N) is 1. The van der Waals surface area contributed by atoms with Crippen molar-refractivity contribution in [1.82, 2.24) is 19.7 Å². The van der Waals surface area contributed by atoms with Gasteiger partial charge in [-0.05, 0) is 65.3 Å². The molecule has 1 aromatic carbocycles. The van der Waals surface area contributed by atoms with Gasteiger partial charge in [-0.25, -0.2) is 18.4 Å². The number of pyridine rings is 1. The fraction of sp³-hybridized carbons (Fsp3) is 0.417.